The Morgan fingerprint density at radius 1 is 1.08 bits per heavy atom. The molecule has 2 aromatic carbocycles. The van der Waals surface area contributed by atoms with E-state index in [1.807, 2.05) is 0 Å². The maximum atomic E-state index is 13.5. The molecule has 24 heavy (non-hydrogen) atoms. The highest BCUT2D eigenvalue weighted by Gasteiger charge is 2.13. The third-order valence-electron chi connectivity index (χ3n) is 3.24. The predicted molar refractivity (Wildman–Crippen MR) is 85.5 cm³/mol. The summed E-state index contributed by atoms with van der Waals surface area (Å²) in [6.07, 6.45) is 0. The fourth-order valence-electron chi connectivity index (χ4n) is 2.05. The van der Waals surface area contributed by atoms with Crippen LogP contribution in [-0.4, -0.2) is 11.0 Å². The lowest BCUT2D eigenvalue weighted by atomic mass is 10.3. The number of hydrogen-bond acceptors (Lipinski definition) is 4. The Kier molecular flexibility index (Phi) is 4.47. The number of hydrogen-bond donors (Lipinski definition) is 2. The first-order chi connectivity index (χ1) is 11.6. The lowest BCUT2D eigenvalue weighted by molar-refractivity contribution is 0.0992. The molecule has 0 aliphatic rings. The number of aromatic hydroxyl groups is 1. The lowest BCUT2D eigenvalue weighted by Gasteiger charge is -2.06. The van der Waals surface area contributed by atoms with Gasteiger partial charge in [-0.05, 0) is 36.4 Å². The predicted octanol–water partition coefficient (Wildman–Crippen LogP) is 3.96. The molecular weight excluding hydrogens is 313 g/mol. The van der Waals surface area contributed by atoms with Crippen LogP contribution in [0.25, 0.3) is 0 Å². The minimum absolute atomic E-state index is 0.00913. The highest BCUT2D eigenvalue weighted by molar-refractivity contribution is 6.03. The molecule has 0 fully saturated rings. The Labute approximate surface area is 137 Å². The van der Waals surface area contributed by atoms with Crippen molar-refractivity contribution in [1.82, 2.24) is 0 Å². The number of amides is 1. The van der Waals surface area contributed by atoms with Crippen molar-refractivity contribution in [2.24, 2.45) is 0 Å². The number of nitrogens with one attached hydrogen (secondary N) is 1. The van der Waals surface area contributed by atoms with Crippen LogP contribution in [-0.2, 0) is 6.61 Å². The van der Waals surface area contributed by atoms with Crippen molar-refractivity contribution in [2.45, 2.75) is 6.61 Å². The molecule has 0 saturated carbocycles. The van der Waals surface area contributed by atoms with Crippen LogP contribution in [0.15, 0.2) is 65.1 Å². The Bertz CT molecular complexity index is 859. The second-order valence-corrected chi connectivity index (χ2v) is 4.96. The number of furan rings is 1. The molecule has 3 rings (SSSR count). The summed E-state index contributed by atoms with van der Waals surface area (Å²) in [6.45, 7) is -0.00913. The SMILES string of the molecule is O=C(Nc1ccccc1O)c1ccc(COc2ccccc2F)o1. The highest BCUT2D eigenvalue weighted by atomic mass is 19.1. The third kappa shape index (κ3) is 3.55. The first kappa shape index (κ1) is 15.6. The van der Waals surface area contributed by atoms with E-state index in [-0.39, 0.29) is 29.6 Å². The van der Waals surface area contributed by atoms with Gasteiger partial charge in [-0.1, -0.05) is 24.3 Å². The molecule has 5 nitrogen and oxygen atoms in total. The van der Waals surface area contributed by atoms with E-state index in [9.17, 15) is 14.3 Å². The molecule has 0 spiro atoms. The second kappa shape index (κ2) is 6.87. The van der Waals surface area contributed by atoms with Gasteiger partial charge in [-0.25, -0.2) is 4.39 Å². The number of para-hydroxylation sites is 3. The van der Waals surface area contributed by atoms with Crippen molar-refractivity contribution in [3.63, 3.8) is 0 Å². The molecule has 0 unspecified atom stereocenters. The summed E-state index contributed by atoms with van der Waals surface area (Å²) in [5.41, 5.74) is 0.281. The number of halogens is 1. The molecule has 0 atom stereocenters. The summed E-state index contributed by atoms with van der Waals surface area (Å²) < 4.78 is 24.2. The number of anilines is 1. The van der Waals surface area contributed by atoms with Gasteiger partial charge >= 0.3 is 0 Å². The van der Waals surface area contributed by atoms with Gasteiger partial charge in [-0.3, -0.25) is 4.79 Å². The number of ether oxygens (including phenoxy) is 1. The van der Waals surface area contributed by atoms with E-state index in [1.54, 1.807) is 36.4 Å². The number of benzene rings is 2. The highest BCUT2D eigenvalue weighted by Crippen LogP contribution is 2.23. The van der Waals surface area contributed by atoms with Gasteiger partial charge in [-0.2, -0.15) is 0 Å². The van der Waals surface area contributed by atoms with Crippen LogP contribution in [0.1, 0.15) is 16.3 Å². The van der Waals surface area contributed by atoms with E-state index in [2.05, 4.69) is 5.32 Å². The van der Waals surface area contributed by atoms with Gasteiger partial charge in [0.2, 0.25) is 0 Å². The first-order valence-corrected chi connectivity index (χ1v) is 7.19. The second-order valence-electron chi connectivity index (χ2n) is 4.96. The standard InChI is InChI=1S/C18H14FNO4/c19-13-5-1-4-8-16(13)23-11-12-9-10-17(24-12)18(22)20-14-6-2-3-7-15(14)21/h1-10,21H,11H2,(H,20,22). The summed E-state index contributed by atoms with van der Waals surface area (Å²) in [4.78, 5) is 12.1. The molecule has 0 aliphatic carbocycles. The van der Waals surface area contributed by atoms with Crippen molar-refractivity contribution in [3.8, 4) is 11.5 Å². The fraction of sp³-hybridized carbons (Fsp3) is 0.0556. The molecule has 122 valence electrons. The average Bonchev–Trinajstić information content (AvgIpc) is 3.05. The van der Waals surface area contributed by atoms with E-state index < -0.39 is 11.7 Å². The molecule has 3 aromatic rings. The van der Waals surface area contributed by atoms with Crippen molar-refractivity contribution in [3.05, 3.63) is 78.0 Å². The zero-order chi connectivity index (χ0) is 16.9. The smallest absolute Gasteiger partial charge is 0.291 e. The van der Waals surface area contributed by atoms with Crippen molar-refractivity contribution >= 4 is 11.6 Å². The summed E-state index contributed by atoms with van der Waals surface area (Å²) in [5, 5.41) is 12.2. The van der Waals surface area contributed by atoms with Crippen LogP contribution in [0.2, 0.25) is 0 Å². The van der Waals surface area contributed by atoms with Crippen LogP contribution < -0.4 is 10.1 Å². The van der Waals surface area contributed by atoms with Gasteiger partial charge in [-0.15, -0.1) is 0 Å². The summed E-state index contributed by atoms with van der Waals surface area (Å²) in [6, 6.07) is 15.4. The number of carbonyl (C=O) groups excluding carboxylic acids is 1. The Morgan fingerprint density at radius 2 is 1.83 bits per heavy atom. The van der Waals surface area contributed by atoms with Gasteiger partial charge in [0.25, 0.3) is 5.91 Å². The maximum Gasteiger partial charge on any atom is 0.291 e. The Balaban J connectivity index is 1.64. The van der Waals surface area contributed by atoms with Crippen LogP contribution in [0.5, 0.6) is 11.5 Å². The van der Waals surface area contributed by atoms with Crippen LogP contribution in [0.4, 0.5) is 10.1 Å². The molecular formula is C18H14FNO4. The number of rotatable bonds is 5. The molecule has 0 bridgehead atoms. The lowest BCUT2D eigenvalue weighted by Crippen LogP contribution is -2.10. The molecule has 0 saturated heterocycles. The van der Waals surface area contributed by atoms with Crippen molar-refractivity contribution in [2.75, 3.05) is 5.32 Å². The van der Waals surface area contributed by atoms with Gasteiger partial charge in [0, 0.05) is 0 Å². The van der Waals surface area contributed by atoms with Crippen LogP contribution in [0, 0.1) is 5.82 Å². The fourth-order valence-corrected chi connectivity index (χ4v) is 2.05. The number of phenols is 1. The average molecular weight is 327 g/mol. The Morgan fingerprint density at radius 3 is 2.62 bits per heavy atom. The van der Waals surface area contributed by atoms with E-state index >= 15 is 0 Å². The monoisotopic (exact) mass is 327 g/mol. The minimum Gasteiger partial charge on any atom is -0.506 e. The summed E-state index contributed by atoms with van der Waals surface area (Å²) in [5.74, 6) is -0.476. The zero-order valence-corrected chi connectivity index (χ0v) is 12.5. The molecule has 6 heteroatoms. The summed E-state index contributed by atoms with van der Waals surface area (Å²) >= 11 is 0. The quantitative estimate of drug-likeness (QED) is 0.696. The van der Waals surface area contributed by atoms with Gasteiger partial charge < -0.3 is 19.6 Å². The topological polar surface area (TPSA) is 71.7 Å². The number of carbonyl (C=O) groups is 1. The van der Waals surface area contributed by atoms with Gasteiger partial charge in [0.05, 0.1) is 5.69 Å². The summed E-state index contributed by atoms with van der Waals surface area (Å²) in [7, 11) is 0. The van der Waals surface area contributed by atoms with Crippen molar-refractivity contribution in [1.29, 1.82) is 0 Å². The molecule has 0 radical (unpaired) electrons. The third-order valence-corrected chi connectivity index (χ3v) is 3.24. The Hall–Kier alpha value is -3.28. The molecule has 2 N–H and O–H groups in total. The number of phenolic OH excluding ortho intramolecular Hbond substituents is 1. The molecule has 1 amide bonds. The minimum atomic E-state index is -0.506. The maximum absolute atomic E-state index is 13.5. The molecule has 1 heterocycles. The van der Waals surface area contributed by atoms with E-state index in [1.165, 1.54) is 24.3 Å². The first-order valence-electron chi connectivity index (χ1n) is 7.19. The van der Waals surface area contributed by atoms with Gasteiger partial charge in [0.1, 0.15) is 18.1 Å². The van der Waals surface area contributed by atoms with E-state index in [0.717, 1.165) is 0 Å². The molecule has 0 aliphatic heterocycles. The van der Waals surface area contributed by atoms with Crippen LogP contribution >= 0.6 is 0 Å². The molecule has 1 aromatic heterocycles. The van der Waals surface area contributed by atoms with E-state index in [0.29, 0.717) is 5.76 Å². The van der Waals surface area contributed by atoms with E-state index in [4.69, 9.17) is 9.15 Å². The normalized spacial score (nSPS) is 10.4. The van der Waals surface area contributed by atoms with Crippen molar-refractivity contribution < 1.29 is 23.4 Å². The largest absolute Gasteiger partial charge is 0.506 e. The van der Waals surface area contributed by atoms with Gasteiger partial charge in [0.15, 0.2) is 17.3 Å². The zero-order valence-electron chi connectivity index (χ0n) is 12.5. The van der Waals surface area contributed by atoms with Crippen LogP contribution in [0.3, 0.4) is 0 Å².